The number of hydrogen-bond acceptors (Lipinski definition) is 2. The molecular formula is C12H15NO2. The van der Waals surface area contributed by atoms with Crippen molar-refractivity contribution in [1.82, 2.24) is 0 Å². The van der Waals surface area contributed by atoms with Crippen LogP contribution in [-0.2, 0) is 9.53 Å². The molecule has 1 aliphatic rings. The Hall–Kier alpha value is -1.35. The van der Waals surface area contributed by atoms with Gasteiger partial charge >= 0.3 is 0 Å². The van der Waals surface area contributed by atoms with Crippen LogP contribution in [0.15, 0.2) is 30.3 Å². The van der Waals surface area contributed by atoms with Gasteiger partial charge in [-0.15, -0.1) is 0 Å². The summed E-state index contributed by atoms with van der Waals surface area (Å²) < 4.78 is 5.37. The maximum absolute atomic E-state index is 11.9. The number of carbonyl (C=O) groups is 1. The number of para-hydroxylation sites is 1. The van der Waals surface area contributed by atoms with E-state index >= 15 is 0 Å². The van der Waals surface area contributed by atoms with Crippen molar-refractivity contribution >= 4 is 11.6 Å². The number of ether oxygens (including phenoxy) is 1. The van der Waals surface area contributed by atoms with Crippen molar-refractivity contribution in [2.24, 2.45) is 0 Å². The van der Waals surface area contributed by atoms with Crippen LogP contribution in [0.25, 0.3) is 0 Å². The topological polar surface area (TPSA) is 29.5 Å². The predicted molar refractivity (Wildman–Crippen MR) is 58.8 cm³/mol. The molecule has 1 heterocycles. The maximum atomic E-state index is 11.9. The Labute approximate surface area is 89.7 Å². The summed E-state index contributed by atoms with van der Waals surface area (Å²) in [6.07, 6.45) is 1.59. The number of likely N-dealkylation sites (N-methyl/N-ethyl adjacent to an activating group) is 1. The molecule has 0 aromatic heterocycles. The van der Waals surface area contributed by atoms with E-state index in [0.29, 0.717) is 6.61 Å². The van der Waals surface area contributed by atoms with Gasteiger partial charge in [-0.05, 0) is 25.0 Å². The predicted octanol–water partition coefficient (Wildman–Crippen LogP) is 1.83. The second kappa shape index (κ2) is 4.45. The summed E-state index contributed by atoms with van der Waals surface area (Å²) in [5.41, 5.74) is 0.915. The lowest BCUT2D eigenvalue weighted by Crippen LogP contribution is -2.35. The lowest BCUT2D eigenvalue weighted by Gasteiger charge is -2.20. The minimum atomic E-state index is -0.241. The average molecular weight is 205 g/mol. The summed E-state index contributed by atoms with van der Waals surface area (Å²) in [4.78, 5) is 13.6. The normalized spacial score (nSPS) is 20.2. The maximum Gasteiger partial charge on any atom is 0.255 e. The van der Waals surface area contributed by atoms with Crippen LogP contribution in [-0.4, -0.2) is 25.7 Å². The highest BCUT2D eigenvalue weighted by molar-refractivity contribution is 5.96. The second-order valence-electron chi connectivity index (χ2n) is 3.73. The van der Waals surface area contributed by atoms with Gasteiger partial charge in [0, 0.05) is 19.3 Å². The second-order valence-corrected chi connectivity index (χ2v) is 3.73. The number of nitrogens with zero attached hydrogens (tertiary/aromatic N) is 1. The van der Waals surface area contributed by atoms with E-state index in [9.17, 15) is 4.79 Å². The fourth-order valence-electron chi connectivity index (χ4n) is 1.77. The minimum Gasteiger partial charge on any atom is -0.368 e. The first kappa shape index (κ1) is 10.2. The van der Waals surface area contributed by atoms with Gasteiger partial charge in [0.15, 0.2) is 0 Å². The lowest BCUT2D eigenvalue weighted by molar-refractivity contribution is -0.127. The van der Waals surface area contributed by atoms with E-state index in [1.807, 2.05) is 30.3 Å². The molecule has 1 aromatic rings. The van der Waals surface area contributed by atoms with Crippen molar-refractivity contribution in [1.29, 1.82) is 0 Å². The van der Waals surface area contributed by atoms with Gasteiger partial charge < -0.3 is 9.64 Å². The van der Waals surface area contributed by atoms with Crippen molar-refractivity contribution in [3.63, 3.8) is 0 Å². The van der Waals surface area contributed by atoms with Gasteiger partial charge in [0.2, 0.25) is 0 Å². The monoisotopic (exact) mass is 205 g/mol. The molecule has 1 unspecified atom stereocenters. The van der Waals surface area contributed by atoms with Gasteiger partial charge in [-0.1, -0.05) is 18.2 Å². The number of benzene rings is 1. The Bertz CT molecular complexity index is 331. The molecule has 1 atom stereocenters. The van der Waals surface area contributed by atoms with E-state index < -0.39 is 0 Å². The number of anilines is 1. The number of rotatable bonds is 2. The summed E-state index contributed by atoms with van der Waals surface area (Å²) in [7, 11) is 1.79. The van der Waals surface area contributed by atoms with Gasteiger partial charge in [0.25, 0.3) is 5.91 Å². The molecule has 0 radical (unpaired) electrons. The first-order valence-corrected chi connectivity index (χ1v) is 5.23. The third kappa shape index (κ3) is 2.18. The molecule has 2 rings (SSSR count). The van der Waals surface area contributed by atoms with Gasteiger partial charge in [-0.2, -0.15) is 0 Å². The van der Waals surface area contributed by atoms with Crippen LogP contribution in [0.5, 0.6) is 0 Å². The molecule has 1 aromatic carbocycles. The van der Waals surface area contributed by atoms with Gasteiger partial charge in [0.1, 0.15) is 6.10 Å². The van der Waals surface area contributed by atoms with E-state index in [0.717, 1.165) is 18.5 Å². The fourth-order valence-corrected chi connectivity index (χ4v) is 1.77. The Morgan fingerprint density at radius 3 is 2.73 bits per heavy atom. The third-order valence-corrected chi connectivity index (χ3v) is 2.68. The third-order valence-electron chi connectivity index (χ3n) is 2.68. The highest BCUT2D eigenvalue weighted by atomic mass is 16.5. The van der Waals surface area contributed by atoms with Crippen LogP contribution in [0.2, 0.25) is 0 Å². The van der Waals surface area contributed by atoms with Crippen LogP contribution >= 0.6 is 0 Å². The molecule has 1 amide bonds. The Morgan fingerprint density at radius 2 is 2.13 bits per heavy atom. The van der Waals surface area contributed by atoms with Crippen LogP contribution < -0.4 is 4.90 Å². The molecule has 0 N–H and O–H groups in total. The quantitative estimate of drug-likeness (QED) is 0.737. The smallest absolute Gasteiger partial charge is 0.255 e. The largest absolute Gasteiger partial charge is 0.368 e. The first-order chi connectivity index (χ1) is 7.29. The SMILES string of the molecule is CN(C(=O)C1CCCO1)c1ccccc1. The number of amides is 1. The van der Waals surface area contributed by atoms with E-state index in [-0.39, 0.29) is 12.0 Å². The molecule has 0 spiro atoms. The number of carbonyl (C=O) groups excluding carboxylic acids is 1. The molecule has 1 fully saturated rings. The summed E-state index contributed by atoms with van der Waals surface area (Å²) in [5.74, 6) is 0.0544. The molecule has 15 heavy (non-hydrogen) atoms. The lowest BCUT2D eigenvalue weighted by atomic mass is 10.2. The average Bonchev–Trinajstić information content (AvgIpc) is 2.82. The molecular weight excluding hydrogens is 190 g/mol. The number of hydrogen-bond donors (Lipinski definition) is 0. The molecule has 0 saturated carbocycles. The van der Waals surface area contributed by atoms with Crippen molar-refractivity contribution in [2.45, 2.75) is 18.9 Å². The summed E-state index contributed by atoms with van der Waals surface area (Å²) in [6.45, 7) is 0.707. The fraction of sp³-hybridized carbons (Fsp3) is 0.417. The van der Waals surface area contributed by atoms with Gasteiger partial charge in [0.05, 0.1) is 0 Å². The Morgan fingerprint density at radius 1 is 1.40 bits per heavy atom. The standard InChI is InChI=1S/C12H15NO2/c1-13(10-6-3-2-4-7-10)12(14)11-8-5-9-15-11/h2-4,6-7,11H,5,8-9H2,1H3. The first-order valence-electron chi connectivity index (χ1n) is 5.23. The van der Waals surface area contributed by atoms with Crippen molar-refractivity contribution in [3.8, 4) is 0 Å². The van der Waals surface area contributed by atoms with E-state index in [2.05, 4.69) is 0 Å². The molecule has 1 aliphatic heterocycles. The van der Waals surface area contributed by atoms with Crippen LogP contribution in [0, 0.1) is 0 Å². The molecule has 80 valence electrons. The molecule has 3 heteroatoms. The van der Waals surface area contributed by atoms with Crippen molar-refractivity contribution in [3.05, 3.63) is 30.3 Å². The highest BCUT2D eigenvalue weighted by Gasteiger charge is 2.26. The summed E-state index contributed by atoms with van der Waals surface area (Å²) in [6, 6.07) is 9.64. The Balaban J connectivity index is 2.07. The van der Waals surface area contributed by atoms with Gasteiger partial charge in [-0.25, -0.2) is 0 Å². The molecule has 3 nitrogen and oxygen atoms in total. The van der Waals surface area contributed by atoms with E-state index in [1.165, 1.54) is 0 Å². The minimum absolute atomic E-state index is 0.0544. The summed E-state index contributed by atoms with van der Waals surface area (Å²) in [5, 5.41) is 0. The van der Waals surface area contributed by atoms with E-state index in [1.54, 1.807) is 11.9 Å². The van der Waals surface area contributed by atoms with Crippen molar-refractivity contribution < 1.29 is 9.53 Å². The van der Waals surface area contributed by atoms with Crippen LogP contribution in [0.1, 0.15) is 12.8 Å². The Kier molecular flexibility index (Phi) is 3.02. The van der Waals surface area contributed by atoms with E-state index in [4.69, 9.17) is 4.74 Å². The molecule has 0 bridgehead atoms. The van der Waals surface area contributed by atoms with Gasteiger partial charge in [-0.3, -0.25) is 4.79 Å². The summed E-state index contributed by atoms with van der Waals surface area (Å²) >= 11 is 0. The van der Waals surface area contributed by atoms with Crippen molar-refractivity contribution in [2.75, 3.05) is 18.6 Å². The molecule has 1 saturated heterocycles. The van der Waals surface area contributed by atoms with Crippen LogP contribution in [0.4, 0.5) is 5.69 Å². The zero-order valence-electron chi connectivity index (χ0n) is 8.85. The molecule has 0 aliphatic carbocycles. The zero-order chi connectivity index (χ0) is 10.7. The zero-order valence-corrected chi connectivity index (χ0v) is 8.85. The van der Waals surface area contributed by atoms with Crippen LogP contribution in [0.3, 0.4) is 0 Å². The highest BCUT2D eigenvalue weighted by Crippen LogP contribution is 2.18.